The first-order valence-corrected chi connectivity index (χ1v) is 12.3. The van der Waals surface area contributed by atoms with Crippen LogP contribution in [0.3, 0.4) is 0 Å². The molecule has 0 aromatic carbocycles. The van der Waals surface area contributed by atoms with E-state index in [4.69, 9.17) is 9.47 Å². The maximum atomic E-state index is 13.7. The van der Waals surface area contributed by atoms with E-state index < -0.39 is 11.8 Å². The fourth-order valence-corrected chi connectivity index (χ4v) is 7.08. The van der Waals surface area contributed by atoms with E-state index in [2.05, 4.69) is 55.4 Å². The van der Waals surface area contributed by atoms with Gasteiger partial charge < -0.3 is 9.47 Å². The summed E-state index contributed by atoms with van der Waals surface area (Å²) < 4.78 is 11.7. The van der Waals surface area contributed by atoms with Crippen molar-refractivity contribution < 1.29 is 19.1 Å². The van der Waals surface area contributed by atoms with Crippen molar-refractivity contribution in [2.75, 3.05) is 0 Å². The molecule has 0 saturated heterocycles. The van der Waals surface area contributed by atoms with Gasteiger partial charge in [-0.1, -0.05) is 66.5 Å². The number of carbonyl (C=O) groups excluding carboxylic acids is 2. The SMILES string of the molecule is CC(C)OC(=O)C1C(C(=O)OC(C)C)C2(C(C)C)CC1(C(C)C)C(C(C)C)=C2C(C)C. The maximum Gasteiger partial charge on any atom is 0.311 e. The first kappa shape index (κ1) is 25.9. The highest BCUT2D eigenvalue weighted by atomic mass is 16.6. The van der Waals surface area contributed by atoms with Gasteiger partial charge in [0.1, 0.15) is 0 Å². The number of carbonyl (C=O) groups is 2. The fraction of sp³-hybridized carbons (Fsp3) is 0.852. The van der Waals surface area contributed by atoms with E-state index in [1.165, 1.54) is 11.1 Å². The Labute approximate surface area is 190 Å². The summed E-state index contributed by atoms with van der Waals surface area (Å²) in [6.45, 7) is 25.3. The van der Waals surface area contributed by atoms with Gasteiger partial charge >= 0.3 is 11.9 Å². The van der Waals surface area contributed by atoms with Crippen molar-refractivity contribution in [1.82, 2.24) is 0 Å². The second kappa shape index (κ2) is 8.90. The molecule has 0 aliphatic heterocycles. The van der Waals surface area contributed by atoms with Crippen LogP contribution in [0.1, 0.15) is 89.5 Å². The van der Waals surface area contributed by atoms with Crippen molar-refractivity contribution in [2.24, 2.45) is 46.3 Å². The summed E-state index contributed by atoms with van der Waals surface area (Å²) in [5.74, 6) is -0.474. The molecular formula is C27H46O4. The van der Waals surface area contributed by atoms with Gasteiger partial charge in [0.2, 0.25) is 0 Å². The molecular weight excluding hydrogens is 388 g/mol. The number of allylic oxidation sites excluding steroid dienone is 2. The lowest BCUT2D eigenvalue weighted by atomic mass is 9.55. The van der Waals surface area contributed by atoms with Gasteiger partial charge in [0.05, 0.1) is 24.0 Å². The van der Waals surface area contributed by atoms with Gasteiger partial charge in [0.15, 0.2) is 0 Å². The third-order valence-corrected chi connectivity index (χ3v) is 7.75. The molecule has 2 aliphatic carbocycles. The van der Waals surface area contributed by atoms with Crippen LogP contribution in [-0.4, -0.2) is 24.1 Å². The van der Waals surface area contributed by atoms with Crippen molar-refractivity contribution in [3.63, 3.8) is 0 Å². The Morgan fingerprint density at radius 2 is 0.935 bits per heavy atom. The minimum absolute atomic E-state index is 0.209. The van der Waals surface area contributed by atoms with Gasteiger partial charge in [-0.2, -0.15) is 0 Å². The first-order chi connectivity index (χ1) is 14.2. The van der Waals surface area contributed by atoms with Crippen LogP contribution in [0.15, 0.2) is 11.1 Å². The Morgan fingerprint density at radius 1 is 0.645 bits per heavy atom. The van der Waals surface area contributed by atoms with Crippen LogP contribution in [0.25, 0.3) is 0 Å². The summed E-state index contributed by atoms with van der Waals surface area (Å²) in [4.78, 5) is 27.4. The van der Waals surface area contributed by atoms with Gasteiger partial charge in [-0.05, 0) is 57.8 Å². The molecule has 4 nitrogen and oxygen atoms in total. The van der Waals surface area contributed by atoms with Crippen molar-refractivity contribution in [2.45, 2.75) is 102 Å². The number of hydrogen-bond acceptors (Lipinski definition) is 4. The highest BCUT2D eigenvalue weighted by molar-refractivity contribution is 5.87. The summed E-state index contributed by atoms with van der Waals surface area (Å²) in [5.41, 5.74) is 2.02. The smallest absolute Gasteiger partial charge is 0.311 e. The van der Waals surface area contributed by atoms with Gasteiger partial charge in [-0.15, -0.1) is 0 Å². The number of rotatable bonds is 8. The Morgan fingerprint density at radius 3 is 1.13 bits per heavy atom. The molecule has 4 heteroatoms. The molecule has 4 atom stereocenters. The van der Waals surface area contributed by atoms with Crippen LogP contribution in [0.5, 0.6) is 0 Å². The van der Waals surface area contributed by atoms with E-state index in [9.17, 15) is 9.59 Å². The van der Waals surface area contributed by atoms with Gasteiger partial charge in [-0.25, -0.2) is 0 Å². The number of ether oxygens (including phenoxy) is 2. The van der Waals surface area contributed by atoms with E-state index in [0.717, 1.165) is 6.42 Å². The predicted molar refractivity (Wildman–Crippen MR) is 125 cm³/mol. The lowest BCUT2D eigenvalue weighted by Crippen LogP contribution is -2.51. The zero-order chi connectivity index (χ0) is 24.0. The van der Waals surface area contributed by atoms with Crippen molar-refractivity contribution >= 4 is 11.9 Å². The summed E-state index contributed by atoms with van der Waals surface area (Å²) in [6, 6.07) is 0. The highest BCUT2D eigenvalue weighted by Gasteiger charge is 2.75. The molecule has 0 N–H and O–H groups in total. The monoisotopic (exact) mass is 434 g/mol. The van der Waals surface area contributed by atoms with Gasteiger partial charge in [0, 0.05) is 10.8 Å². The second-order valence-electron chi connectivity index (χ2n) is 11.6. The third-order valence-electron chi connectivity index (χ3n) is 7.75. The maximum absolute atomic E-state index is 13.7. The van der Waals surface area contributed by atoms with E-state index in [-0.39, 0.29) is 46.8 Å². The molecule has 178 valence electrons. The molecule has 2 aliphatic rings. The van der Waals surface area contributed by atoms with E-state index in [0.29, 0.717) is 11.8 Å². The molecule has 0 aromatic rings. The van der Waals surface area contributed by atoms with E-state index >= 15 is 0 Å². The minimum Gasteiger partial charge on any atom is -0.463 e. The zero-order valence-corrected chi connectivity index (χ0v) is 22.0. The number of hydrogen-bond donors (Lipinski definition) is 0. The van der Waals surface area contributed by atoms with Crippen LogP contribution >= 0.6 is 0 Å². The largest absolute Gasteiger partial charge is 0.463 e. The van der Waals surface area contributed by atoms with Crippen molar-refractivity contribution in [3.05, 3.63) is 11.1 Å². The molecule has 1 fully saturated rings. The van der Waals surface area contributed by atoms with Crippen LogP contribution in [0.2, 0.25) is 0 Å². The van der Waals surface area contributed by atoms with Crippen LogP contribution in [0.4, 0.5) is 0 Å². The minimum atomic E-state index is -0.511. The van der Waals surface area contributed by atoms with Crippen LogP contribution < -0.4 is 0 Å². The number of fused-ring (bicyclic) bond motifs is 2. The zero-order valence-electron chi connectivity index (χ0n) is 22.0. The molecule has 0 amide bonds. The van der Waals surface area contributed by atoms with Crippen molar-refractivity contribution in [1.29, 1.82) is 0 Å². The summed E-state index contributed by atoms with van der Waals surface area (Å²) >= 11 is 0. The topological polar surface area (TPSA) is 52.6 Å². The Balaban J connectivity index is 2.94. The lowest BCUT2D eigenvalue weighted by Gasteiger charge is -2.48. The lowest BCUT2D eigenvalue weighted by molar-refractivity contribution is -0.172. The summed E-state index contributed by atoms with van der Waals surface area (Å²) in [6.07, 6.45) is 0.388. The molecule has 2 bridgehead atoms. The van der Waals surface area contributed by atoms with Gasteiger partial charge in [0.25, 0.3) is 0 Å². The van der Waals surface area contributed by atoms with Crippen LogP contribution in [0, 0.1) is 46.3 Å². The highest BCUT2D eigenvalue weighted by Crippen LogP contribution is 2.76. The average Bonchev–Trinajstić information content (AvgIpc) is 3.09. The Bertz CT molecular complexity index is 668. The normalized spacial score (nSPS) is 30.6. The Kier molecular flexibility index (Phi) is 7.45. The summed E-state index contributed by atoms with van der Waals surface area (Å²) in [5, 5.41) is 0. The molecule has 0 radical (unpaired) electrons. The molecule has 31 heavy (non-hydrogen) atoms. The molecule has 1 saturated carbocycles. The molecule has 0 heterocycles. The third kappa shape index (κ3) is 3.86. The van der Waals surface area contributed by atoms with Crippen molar-refractivity contribution in [3.8, 4) is 0 Å². The van der Waals surface area contributed by atoms with Gasteiger partial charge in [-0.3, -0.25) is 9.59 Å². The predicted octanol–water partition coefficient (Wildman–Crippen LogP) is 6.43. The molecule has 0 spiro atoms. The molecule has 4 unspecified atom stereocenters. The number of esters is 2. The van der Waals surface area contributed by atoms with E-state index in [1.54, 1.807) is 0 Å². The Hall–Kier alpha value is -1.32. The average molecular weight is 435 g/mol. The molecule has 0 aromatic heterocycles. The quantitative estimate of drug-likeness (QED) is 0.326. The van der Waals surface area contributed by atoms with Crippen LogP contribution in [-0.2, 0) is 19.1 Å². The fourth-order valence-electron chi connectivity index (χ4n) is 7.08. The first-order valence-electron chi connectivity index (χ1n) is 12.3. The summed E-state index contributed by atoms with van der Waals surface area (Å²) in [7, 11) is 0. The standard InChI is InChI=1S/C27H46O4/c1-14(2)20-21(15(3)4)27(17(7)8)13-26(20,16(5)6)22(24(28)30-18(9)10)23(27)25(29)31-19(11)12/h14-19,22-23H,13H2,1-12H3. The van der Waals surface area contributed by atoms with E-state index in [1.807, 2.05) is 27.7 Å². The second-order valence-corrected chi connectivity index (χ2v) is 11.6. The molecule has 2 rings (SSSR count).